The molecule has 0 fully saturated rings. The fraction of sp³-hybridized carbons (Fsp3) is 0.300. The van der Waals surface area contributed by atoms with E-state index in [1.54, 1.807) is 4.90 Å². The van der Waals surface area contributed by atoms with E-state index < -0.39 is 0 Å². The minimum atomic E-state index is -0.172. The third-order valence-corrected chi connectivity index (χ3v) is 4.94. The second-order valence-electron chi connectivity index (χ2n) is 6.68. The number of carbonyl (C=O) groups excluding carboxylic acids is 2. The van der Waals surface area contributed by atoms with Crippen molar-refractivity contribution in [2.75, 3.05) is 28.2 Å². The molecule has 128 valence electrons. The predicted octanol–water partition coefficient (Wildman–Crippen LogP) is 2.81. The molecule has 2 aliphatic heterocycles. The van der Waals surface area contributed by atoms with Crippen molar-refractivity contribution in [1.29, 1.82) is 0 Å². The summed E-state index contributed by atoms with van der Waals surface area (Å²) in [5, 5.41) is 2.90. The van der Waals surface area contributed by atoms with Gasteiger partial charge >= 0.3 is 0 Å². The lowest BCUT2D eigenvalue weighted by Crippen LogP contribution is -2.44. The number of amides is 2. The summed E-state index contributed by atoms with van der Waals surface area (Å²) in [5.41, 5.74) is 3.91. The summed E-state index contributed by atoms with van der Waals surface area (Å²) in [7, 11) is 0. The molecule has 0 unspecified atom stereocenters. The van der Waals surface area contributed by atoms with Crippen molar-refractivity contribution in [3.63, 3.8) is 0 Å². The SMILES string of the molecule is C[C@H]1CC(=O)Nc2ccccc2N1C(=O)CN1CCc2ccccc21. The summed E-state index contributed by atoms with van der Waals surface area (Å²) in [6, 6.07) is 15.6. The van der Waals surface area contributed by atoms with Crippen LogP contribution in [0.1, 0.15) is 18.9 Å². The summed E-state index contributed by atoms with van der Waals surface area (Å²) in [6.07, 6.45) is 1.27. The molecule has 0 saturated heterocycles. The fourth-order valence-corrected chi connectivity index (χ4v) is 3.78. The van der Waals surface area contributed by atoms with Crippen molar-refractivity contribution in [3.05, 3.63) is 54.1 Å². The second kappa shape index (κ2) is 6.24. The molecule has 2 heterocycles. The Hall–Kier alpha value is -2.82. The van der Waals surface area contributed by atoms with Crippen LogP contribution in [0.3, 0.4) is 0 Å². The molecular formula is C20H21N3O2. The van der Waals surface area contributed by atoms with Crippen molar-refractivity contribution in [3.8, 4) is 0 Å². The molecular weight excluding hydrogens is 314 g/mol. The smallest absolute Gasteiger partial charge is 0.246 e. The van der Waals surface area contributed by atoms with Gasteiger partial charge in [0.1, 0.15) is 0 Å². The number of hydrogen-bond donors (Lipinski definition) is 1. The third-order valence-electron chi connectivity index (χ3n) is 4.94. The molecule has 0 bridgehead atoms. The second-order valence-corrected chi connectivity index (χ2v) is 6.68. The van der Waals surface area contributed by atoms with Gasteiger partial charge in [-0.2, -0.15) is 0 Å². The average Bonchev–Trinajstić information content (AvgIpc) is 2.93. The van der Waals surface area contributed by atoms with Gasteiger partial charge in [-0.3, -0.25) is 9.59 Å². The van der Waals surface area contributed by atoms with Gasteiger partial charge in [-0.1, -0.05) is 30.3 Å². The molecule has 0 saturated carbocycles. The number of fused-ring (bicyclic) bond motifs is 2. The molecule has 0 spiro atoms. The summed E-state index contributed by atoms with van der Waals surface area (Å²) in [5.74, 6) is -0.0325. The van der Waals surface area contributed by atoms with Crippen molar-refractivity contribution >= 4 is 28.9 Å². The van der Waals surface area contributed by atoms with Gasteiger partial charge in [0.15, 0.2) is 0 Å². The maximum absolute atomic E-state index is 13.1. The number of carbonyl (C=O) groups is 2. The van der Waals surface area contributed by atoms with E-state index in [0.717, 1.165) is 24.3 Å². The van der Waals surface area contributed by atoms with Gasteiger partial charge in [0.25, 0.3) is 0 Å². The largest absolute Gasteiger partial charge is 0.362 e. The molecule has 2 aliphatic rings. The molecule has 5 nitrogen and oxygen atoms in total. The van der Waals surface area contributed by atoms with Crippen LogP contribution in [0.15, 0.2) is 48.5 Å². The van der Waals surface area contributed by atoms with Gasteiger partial charge in [-0.25, -0.2) is 0 Å². The van der Waals surface area contributed by atoms with E-state index in [-0.39, 0.29) is 17.9 Å². The number of anilines is 3. The van der Waals surface area contributed by atoms with Crippen LogP contribution in [0.4, 0.5) is 17.1 Å². The summed E-state index contributed by atoms with van der Waals surface area (Å²) < 4.78 is 0. The predicted molar refractivity (Wildman–Crippen MR) is 99.0 cm³/mol. The lowest BCUT2D eigenvalue weighted by molar-refractivity contribution is -0.118. The van der Waals surface area contributed by atoms with Crippen LogP contribution in [0, 0.1) is 0 Å². The summed E-state index contributed by atoms with van der Waals surface area (Å²) >= 11 is 0. The molecule has 2 aromatic rings. The van der Waals surface area contributed by atoms with Crippen molar-refractivity contribution in [1.82, 2.24) is 0 Å². The van der Waals surface area contributed by atoms with E-state index in [1.807, 2.05) is 43.3 Å². The molecule has 2 amide bonds. The first-order chi connectivity index (χ1) is 12.1. The maximum Gasteiger partial charge on any atom is 0.246 e. The molecule has 2 aromatic carbocycles. The summed E-state index contributed by atoms with van der Waals surface area (Å²) in [4.78, 5) is 29.1. The van der Waals surface area contributed by atoms with Crippen molar-refractivity contribution in [2.45, 2.75) is 25.8 Å². The zero-order chi connectivity index (χ0) is 17.4. The molecule has 5 heteroatoms. The minimum Gasteiger partial charge on any atom is -0.362 e. The molecule has 25 heavy (non-hydrogen) atoms. The average molecular weight is 335 g/mol. The van der Waals surface area contributed by atoms with Gasteiger partial charge in [0, 0.05) is 24.7 Å². The normalized spacial score (nSPS) is 19.1. The van der Waals surface area contributed by atoms with Gasteiger partial charge < -0.3 is 15.1 Å². The van der Waals surface area contributed by atoms with E-state index in [9.17, 15) is 9.59 Å². The fourth-order valence-electron chi connectivity index (χ4n) is 3.78. The first-order valence-corrected chi connectivity index (χ1v) is 8.67. The molecule has 4 rings (SSSR count). The van der Waals surface area contributed by atoms with Crippen LogP contribution in [0.5, 0.6) is 0 Å². The van der Waals surface area contributed by atoms with E-state index in [2.05, 4.69) is 22.3 Å². The van der Waals surface area contributed by atoms with Gasteiger partial charge in [0.2, 0.25) is 11.8 Å². The van der Waals surface area contributed by atoms with Crippen molar-refractivity contribution in [2.24, 2.45) is 0 Å². The van der Waals surface area contributed by atoms with E-state index in [1.165, 1.54) is 5.56 Å². The molecule has 0 aromatic heterocycles. The highest BCUT2D eigenvalue weighted by atomic mass is 16.2. The Morgan fingerprint density at radius 2 is 1.84 bits per heavy atom. The lowest BCUT2D eigenvalue weighted by atomic mass is 10.1. The quantitative estimate of drug-likeness (QED) is 0.918. The van der Waals surface area contributed by atoms with Crippen LogP contribution in [0.25, 0.3) is 0 Å². The van der Waals surface area contributed by atoms with Crippen molar-refractivity contribution < 1.29 is 9.59 Å². The monoisotopic (exact) mass is 335 g/mol. The third kappa shape index (κ3) is 2.86. The number of para-hydroxylation sites is 3. The first kappa shape index (κ1) is 15.7. The highest BCUT2D eigenvalue weighted by Crippen LogP contribution is 2.32. The minimum absolute atomic E-state index is 0.0214. The van der Waals surface area contributed by atoms with Crippen LogP contribution >= 0.6 is 0 Å². The Bertz CT molecular complexity index is 833. The maximum atomic E-state index is 13.1. The highest BCUT2D eigenvalue weighted by molar-refractivity contribution is 6.05. The summed E-state index contributed by atoms with van der Waals surface area (Å²) in [6.45, 7) is 3.10. The topological polar surface area (TPSA) is 52.7 Å². The Morgan fingerprint density at radius 3 is 2.68 bits per heavy atom. The highest BCUT2D eigenvalue weighted by Gasteiger charge is 2.31. The zero-order valence-electron chi connectivity index (χ0n) is 14.2. The number of nitrogens with zero attached hydrogens (tertiary/aromatic N) is 2. The molecule has 0 radical (unpaired) electrons. The Balaban J connectivity index is 1.62. The number of hydrogen-bond acceptors (Lipinski definition) is 3. The van der Waals surface area contributed by atoms with E-state index in [4.69, 9.17) is 0 Å². The molecule has 0 aliphatic carbocycles. The number of rotatable bonds is 2. The van der Waals surface area contributed by atoms with E-state index >= 15 is 0 Å². The van der Waals surface area contributed by atoms with Crippen LogP contribution < -0.4 is 15.1 Å². The first-order valence-electron chi connectivity index (χ1n) is 8.67. The lowest BCUT2D eigenvalue weighted by Gasteiger charge is -2.30. The van der Waals surface area contributed by atoms with Gasteiger partial charge in [-0.05, 0) is 37.1 Å². The zero-order valence-corrected chi connectivity index (χ0v) is 14.2. The Kier molecular flexibility index (Phi) is 3.92. The molecule has 1 atom stereocenters. The Labute approximate surface area is 147 Å². The van der Waals surface area contributed by atoms with Crippen LogP contribution in [-0.4, -0.2) is 30.9 Å². The number of benzene rings is 2. The van der Waals surface area contributed by atoms with Gasteiger partial charge in [-0.15, -0.1) is 0 Å². The van der Waals surface area contributed by atoms with Crippen LogP contribution in [0.2, 0.25) is 0 Å². The Morgan fingerprint density at radius 1 is 1.12 bits per heavy atom. The molecule has 1 N–H and O–H groups in total. The van der Waals surface area contributed by atoms with E-state index in [0.29, 0.717) is 18.7 Å². The van der Waals surface area contributed by atoms with Gasteiger partial charge in [0.05, 0.1) is 17.9 Å². The van der Waals surface area contributed by atoms with Crippen LogP contribution in [-0.2, 0) is 16.0 Å². The number of nitrogens with one attached hydrogen (secondary N) is 1. The standard InChI is InChI=1S/C20H21N3O2/c1-14-12-19(24)21-16-7-3-5-9-18(16)23(14)20(25)13-22-11-10-15-6-2-4-8-17(15)22/h2-9,14H,10-13H2,1H3,(H,21,24)/t14-/m0/s1.